The van der Waals surface area contributed by atoms with E-state index < -0.39 is 0 Å². The average molecular weight is 434 g/mol. The molecular weight excluding hydrogens is 400 g/mol. The summed E-state index contributed by atoms with van der Waals surface area (Å²) in [5.41, 5.74) is 5.63. The normalized spacial score (nSPS) is 21.9. The lowest BCUT2D eigenvalue weighted by Crippen LogP contribution is -2.30. The van der Waals surface area contributed by atoms with E-state index in [1.807, 2.05) is 10.8 Å². The Labute approximate surface area is 189 Å². The smallest absolute Gasteiger partial charge is 0.395 e. The van der Waals surface area contributed by atoms with Crippen LogP contribution in [-0.4, -0.2) is 45.2 Å². The standard InChI is InChI=1S/C26H33N4O2/c1-17-5-8-23-24(30(17)26(31)18-6-7-18)10-9-22(25(23)32-21-3-2-4-21)19-15-28-29(16-19)20-11-13-27-14-12-20/h9-10,15-16,18,20-21,27H,2-8,11-14H2,1H3/q+1. The molecule has 32 heavy (non-hydrogen) atoms. The lowest BCUT2D eigenvalue weighted by Gasteiger charge is -2.29. The van der Waals surface area contributed by atoms with E-state index in [0.717, 1.165) is 92.7 Å². The first-order valence-corrected chi connectivity index (χ1v) is 12.4. The van der Waals surface area contributed by atoms with E-state index in [-0.39, 0.29) is 11.8 Å². The average Bonchev–Trinajstić information content (AvgIpc) is 3.53. The minimum atomic E-state index is 0.204. The van der Waals surface area contributed by atoms with E-state index in [4.69, 9.17) is 9.84 Å². The number of fused-ring (bicyclic) bond motifs is 1. The van der Waals surface area contributed by atoms with Crippen LogP contribution in [0.2, 0.25) is 0 Å². The molecule has 2 aliphatic carbocycles. The molecule has 0 radical (unpaired) electrons. The van der Waals surface area contributed by atoms with E-state index in [1.54, 1.807) is 0 Å². The van der Waals surface area contributed by atoms with Gasteiger partial charge in [0.25, 0.3) is 0 Å². The number of aromatic nitrogens is 2. The molecule has 0 atom stereocenters. The quantitative estimate of drug-likeness (QED) is 0.711. The number of carbonyl (C=O) groups is 1. The zero-order valence-electron chi connectivity index (χ0n) is 19.0. The Morgan fingerprint density at radius 3 is 2.66 bits per heavy atom. The number of hydrogen-bond acceptors (Lipinski definition) is 4. The van der Waals surface area contributed by atoms with Crippen LogP contribution in [0.3, 0.4) is 0 Å². The molecule has 3 fully saturated rings. The highest BCUT2D eigenvalue weighted by Crippen LogP contribution is 2.44. The van der Waals surface area contributed by atoms with Crippen LogP contribution >= 0.6 is 0 Å². The molecule has 2 saturated carbocycles. The molecule has 4 aliphatic rings. The van der Waals surface area contributed by atoms with Crippen LogP contribution in [0.4, 0.5) is 5.69 Å². The van der Waals surface area contributed by atoms with Crippen LogP contribution in [0.15, 0.2) is 24.5 Å². The fourth-order valence-electron chi connectivity index (χ4n) is 5.28. The van der Waals surface area contributed by atoms with Gasteiger partial charge in [-0.1, -0.05) is 0 Å². The van der Waals surface area contributed by atoms with E-state index in [2.05, 4.69) is 35.3 Å². The predicted octanol–water partition coefficient (Wildman–Crippen LogP) is 4.39. The van der Waals surface area contributed by atoms with Crippen LogP contribution in [-0.2, 0) is 11.2 Å². The molecule has 1 N–H and O–H groups in total. The first-order chi connectivity index (χ1) is 15.7. The van der Waals surface area contributed by atoms with Crippen molar-refractivity contribution in [2.75, 3.05) is 13.1 Å². The Morgan fingerprint density at radius 1 is 1.12 bits per heavy atom. The molecule has 6 rings (SSSR count). The van der Waals surface area contributed by atoms with Gasteiger partial charge in [0.2, 0.25) is 5.69 Å². The van der Waals surface area contributed by atoms with Gasteiger partial charge in [0.15, 0.2) is 5.71 Å². The molecule has 0 unspecified atom stereocenters. The number of nitrogens with zero attached hydrogens (tertiary/aromatic N) is 3. The fraction of sp³-hybridized carbons (Fsp3) is 0.577. The highest BCUT2D eigenvalue weighted by Gasteiger charge is 2.43. The van der Waals surface area contributed by atoms with E-state index in [0.29, 0.717) is 12.1 Å². The summed E-state index contributed by atoms with van der Waals surface area (Å²) in [4.78, 5) is 13.1. The predicted molar refractivity (Wildman–Crippen MR) is 124 cm³/mol. The summed E-state index contributed by atoms with van der Waals surface area (Å²) in [5.74, 6) is 1.46. The van der Waals surface area contributed by atoms with Gasteiger partial charge in [0.05, 0.1) is 29.8 Å². The summed E-state index contributed by atoms with van der Waals surface area (Å²) in [7, 11) is 0. The number of rotatable bonds is 5. The third-order valence-electron chi connectivity index (χ3n) is 7.67. The van der Waals surface area contributed by atoms with Crippen LogP contribution in [0.5, 0.6) is 5.75 Å². The topological polar surface area (TPSA) is 59.2 Å². The van der Waals surface area contributed by atoms with Gasteiger partial charge in [-0.25, -0.2) is 4.79 Å². The van der Waals surface area contributed by atoms with Crippen molar-refractivity contribution in [3.8, 4) is 16.9 Å². The monoisotopic (exact) mass is 433 g/mol. The summed E-state index contributed by atoms with van der Waals surface area (Å²) >= 11 is 0. The van der Waals surface area contributed by atoms with E-state index in [1.165, 1.54) is 12.0 Å². The highest BCUT2D eigenvalue weighted by molar-refractivity contribution is 5.90. The minimum absolute atomic E-state index is 0.204. The van der Waals surface area contributed by atoms with Gasteiger partial charge in [-0.3, -0.25) is 4.68 Å². The van der Waals surface area contributed by atoms with Crippen LogP contribution in [0, 0.1) is 5.92 Å². The Balaban J connectivity index is 1.41. The van der Waals surface area contributed by atoms with Crippen molar-refractivity contribution >= 4 is 17.3 Å². The maximum atomic E-state index is 13.1. The zero-order chi connectivity index (χ0) is 21.7. The van der Waals surface area contributed by atoms with Gasteiger partial charge in [-0.2, -0.15) is 5.10 Å². The molecule has 2 aromatic rings. The van der Waals surface area contributed by atoms with Gasteiger partial charge in [-0.15, -0.1) is 4.58 Å². The Morgan fingerprint density at radius 2 is 1.94 bits per heavy atom. The lowest BCUT2D eigenvalue weighted by molar-refractivity contribution is -0.373. The summed E-state index contributed by atoms with van der Waals surface area (Å²) < 4.78 is 10.8. The maximum Gasteiger partial charge on any atom is 0.395 e. The van der Waals surface area contributed by atoms with Crippen molar-refractivity contribution in [1.29, 1.82) is 0 Å². The first kappa shape index (κ1) is 20.2. The third-order valence-corrected chi connectivity index (χ3v) is 7.67. The van der Waals surface area contributed by atoms with Crippen molar-refractivity contribution in [1.82, 2.24) is 15.1 Å². The van der Waals surface area contributed by atoms with Crippen LogP contribution in [0.1, 0.15) is 69.9 Å². The number of amides is 1. The van der Waals surface area contributed by atoms with Crippen molar-refractivity contribution in [3.05, 3.63) is 30.1 Å². The van der Waals surface area contributed by atoms with E-state index >= 15 is 0 Å². The minimum Gasteiger partial charge on any atom is -0.489 e. The molecule has 0 bridgehead atoms. The number of carbonyl (C=O) groups excluding carboxylic acids is 1. The lowest BCUT2D eigenvalue weighted by atomic mass is 9.93. The molecule has 2 aliphatic heterocycles. The summed E-state index contributed by atoms with van der Waals surface area (Å²) in [6, 6.07) is 4.76. The van der Waals surface area contributed by atoms with E-state index in [9.17, 15) is 4.79 Å². The highest BCUT2D eigenvalue weighted by atomic mass is 16.5. The molecule has 1 aromatic heterocycles. The van der Waals surface area contributed by atoms with Crippen LogP contribution < -0.4 is 10.1 Å². The van der Waals surface area contributed by atoms with Gasteiger partial charge in [0, 0.05) is 36.7 Å². The Bertz CT molecular complexity index is 1070. The molecule has 1 amide bonds. The second kappa shape index (κ2) is 8.14. The molecule has 1 saturated heterocycles. The summed E-state index contributed by atoms with van der Waals surface area (Å²) in [6.45, 7) is 4.21. The Hall–Kier alpha value is -2.47. The molecule has 168 valence electrons. The number of nitrogens with one attached hydrogen (secondary N) is 1. The number of ether oxygens (including phenoxy) is 1. The molecule has 1 aromatic carbocycles. The second-order valence-electron chi connectivity index (χ2n) is 9.98. The first-order valence-electron chi connectivity index (χ1n) is 12.4. The second-order valence-corrected chi connectivity index (χ2v) is 9.98. The van der Waals surface area contributed by atoms with Crippen molar-refractivity contribution in [3.63, 3.8) is 0 Å². The molecule has 0 spiro atoms. The third kappa shape index (κ3) is 3.58. The summed E-state index contributed by atoms with van der Waals surface area (Å²) in [5, 5.41) is 8.17. The van der Waals surface area contributed by atoms with Gasteiger partial charge >= 0.3 is 5.91 Å². The Kier molecular flexibility index (Phi) is 5.13. The summed E-state index contributed by atoms with van der Waals surface area (Å²) in [6.07, 6.45) is 14.1. The zero-order valence-corrected chi connectivity index (χ0v) is 19.0. The van der Waals surface area contributed by atoms with Gasteiger partial charge < -0.3 is 10.1 Å². The van der Waals surface area contributed by atoms with Crippen LogP contribution in [0.25, 0.3) is 11.1 Å². The molecule has 6 nitrogen and oxygen atoms in total. The molecule has 3 heterocycles. The van der Waals surface area contributed by atoms with Gasteiger partial charge in [0.1, 0.15) is 5.75 Å². The van der Waals surface area contributed by atoms with Crippen molar-refractivity contribution in [2.24, 2.45) is 5.92 Å². The van der Waals surface area contributed by atoms with Gasteiger partial charge in [-0.05, 0) is 70.5 Å². The SMILES string of the molecule is CC1=[N+](C(=O)C2CC2)c2ccc(-c3cnn(C4CCNCC4)c3)c(OC3CCC3)c2CC1. The number of piperidine rings is 1. The largest absolute Gasteiger partial charge is 0.489 e. The maximum absolute atomic E-state index is 13.1. The number of benzene rings is 1. The number of hydrogen-bond donors (Lipinski definition) is 1. The van der Waals surface area contributed by atoms with Crippen molar-refractivity contribution in [2.45, 2.75) is 76.9 Å². The van der Waals surface area contributed by atoms with Crippen molar-refractivity contribution < 1.29 is 14.1 Å². The molecule has 6 heteroatoms. The fourth-order valence-corrected chi connectivity index (χ4v) is 5.28. The molecular formula is C26H33N4O2+.